The molecule has 4 aromatic rings. The van der Waals surface area contributed by atoms with Crippen LogP contribution in [0.4, 0.5) is 13.2 Å². The summed E-state index contributed by atoms with van der Waals surface area (Å²) < 4.78 is 52.1. The number of benzene rings is 2. The first-order chi connectivity index (χ1) is 12.8. The van der Waals surface area contributed by atoms with Crippen molar-refractivity contribution in [2.75, 3.05) is 7.11 Å². The van der Waals surface area contributed by atoms with Gasteiger partial charge < -0.3 is 9.15 Å². The average molecular weight is 374 g/mol. The van der Waals surface area contributed by atoms with Crippen LogP contribution in [-0.4, -0.2) is 16.9 Å². The van der Waals surface area contributed by atoms with Crippen LogP contribution in [0.3, 0.4) is 0 Å². The number of para-hydroxylation sites is 1. The molecule has 0 saturated carbocycles. The highest BCUT2D eigenvalue weighted by Crippen LogP contribution is 2.36. The summed E-state index contributed by atoms with van der Waals surface area (Å²) >= 11 is 0. The number of fused-ring (bicyclic) bond motifs is 3. The van der Waals surface area contributed by atoms with Crippen molar-refractivity contribution < 1.29 is 22.3 Å². The van der Waals surface area contributed by atoms with E-state index in [-0.39, 0.29) is 27.9 Å². The van der Waals surface area contributed by atoms with Crippen LogP contribution in [0.15, 0.2) is 51.7 Å². The van der Waals surface area contributed by atoms with Gasteiger partial charge in [0.15, 0.2) is 0 Å². The van der Waals surface area contributed by atoms with E-state index in [0.29, 0.717) is 11.1 Å². The first kappa shape index (κ1) is 17.1. The quantitative estimate of drug-likeness (QED) is 0.486. The SMILES string of the molecule is COc1ccc2c(c1)oc(=O)c1c(C)nn(-c3ccccc3C(F)(F)F)c12. The molecule has 8 heteroatoms. The van der Waals surface area contributed by atoms with Crippen molar-refractivity contribution >= 4 is 21.9 Å². The van der Waals surface area contributed by atoms with E-state index in [9.17, 15) is 18.0 Å². The summed E-state index contributed by atoms with van der Waals surface area (Å²) in [5.74, 6) is 0.462. The third kappa shape index (κ3) is 2.64. The van der Waals surface area contributed by atoms with E-state index in [1.807, 2.05) is 0 Å². The van der Waals surface area contributed by atoms with Crippen LogP contribution in [0, 0.1) is 6.92 Å². The fourth-order valence-corrected chi connectivity index (χ4v) is 3.15. The van der Waals surface area contributed by atoms with Gasteiger partial charge in [-0.1, -0.05) is 12.1 Å². The summed E-state index contributed by atoms with van der Waals surface area (Å²) in [5, 5.41) is 4.82. The third-order valence-corrected chi connectivity index (χ3v) is 4.35. The Hall–Kier alpha value is -3.29. The molecule has 0 aliphatic rings. The molecule has 2 aromatic heterocycles. The van der Waals surface area contributed by atoms with E-state index in [0.717, 1.165) is 10.7 Å². The topological polar surface area (TPSA) is 57.3 Å². The van der Waals surface area contributed by atoms with Gasteiger partial charge in [0, 0.05) is 11.5 Å². The van der Waals surface area contributed by atoms with Crippen molar-refractivity contribution in [3.8, 4) is 11.4 Å². The molecule has 138 valence electrons. The molecule has 0 fully saturated rings. The van der Waals surface area contributed by atoms with Crippen LogP contribution in [0.25, 0.3) is 27.6 Å². The van der Waals surface area contributed by atoms with E-state index in [1.54, 1.807) is 19.1 Å². The molecule has 4 rings (SSSR count). The number of rotatable bonds is 2. The lowest BCUT2D eigenvalue weighted by atomic mass is 10.1. The van der Waals surface area contributed by atoms with Crippen LogP contribution < -0.4 is 10.4 Å². The summed E-state index contributed by atoms with van der Waals surface area (Å²) in [6.07, 6.45) is -4.57. The van der Waals surface area contributed by atoms with Crippen LogP contribution in [-0.2, 0) is 6.18 Å². The normalized spacial score (nSPS) is 12.0. The molecule has 5 nitrogen and oxygen atoms in total. The van der Waals surface area contributed by atoms with Gasteiger partial charge in [0.05, 0.1) is 29.6 Å². The number of ether oxygens (including phenoxy) is 1. The summed E-state index contributed by atoms with van der Waals surface area (Å²) in [7, 11) is 1.46. The van der Waals surface area contributed by atoms with Gasteiger partial charge in [-0.2, -0.15) is 18.3 Å². The first-order valence-corrected chi connectivity index (χ1v) is 7.98. The zero-order valence-corrected chi connectivity index (χ0v) is 14.3. The Morgan fingerprint density at radius 2 is 1.89 bits per heavy atom. The van der Waals surface area contributed by atoms with Gasteiger partial charge >= 0.3 is 11.8 Å². The minimum absolute atomic E-state index is 0.143. The van der Waals surface area contributed by atoms with Gasteiger partial charge in [-0.05, 0) is 31.2 Å². The van der Waals surface area contributed by atoms with Crippen molar-refractivity contribution in [2.45, 2.75) is 13.1 Å². The largest absolute Gasteiger partial charge is 0.497 e. The molecule has 0 atom stereocenters. The second-order valence-electron chi connectivity index (χ2n) is 5.99. The molecule has 0 N–H and O–H groups in total. The van der Waals surface area contributed by atoms with E-state index in [2.05, 4.69) is 5.10 Å². The van der Waals surface area contributed by atoms with Crippen molar-refractivity contribution in [1.29, 1.82) is 0 Å². The number of hydrogen-bond acceptors (Lipinski definition) is 4. The van der Waals surface area contributed by atoms with Crippen LogP contribution >= 0.6 is 0 Å². The Morgan fingerprint density at radius 3 is 2.59 bits per heavy atom. The Balaban J connectivity index is 2.17. The monoisotopic (exact) mass is 374 g/mol. The Bertz CT molecular complexity index is 1240. The summed E-state index contributed by atoms with van der Waals surface area (Å²) in [4.78, 5) is 12.5. The maximum atomic E-state index is 13.5. The van der Waals surface area contributed by atoms with Crippen molar-refractivity contribution in [1.82, 2.24) is 9.78 Å². The minimum atomic E-state index is -4.57. The molecule has 27 heavy (non-hydrogen) atoms. The van der Waals surface area contributed by atoms with Crippen molar-refractivity contribution in [3.63, 3.8) is 0 Å². The molecular weight excluding hydrogens is 361 g/mol. The molecule has 0 radical (unpaired) electrons. The lowest BCUT2D eigenvalue weighted by Gasteiger charge is -2.13. The number of hydrogen-bond donors (Lipinski definition) is 0. The number of alkyl halides is 3. The molecule has 2 heterocycles. The highest BCUT2D eigenvalue weighted by atomic mass is 19.4. The van der Waals surface area contributed by atoms with Gasteiger partial charge in [-0.15, -0.1) is 0 Å². The lowest BCUT2D eigenvalue weighted by Crippen LogP contribution is -2.11. The van der Waals surface area contributed by atoms with Crippen molar-refractivity contribution in [3.05, 3.63) is 64.1 Å². The third-order valence-electron chi connectivity index (χ3n) is 4.35. The van der Waals surface area contributed by atoms with E-state index in [4.69, 9.17) is 9.15 Å². The molecule has 0 saturated heterocycles. The number of methoxy groups -OCH3 is 1. The fourth-order valence-electron chi connectivity index (χ4n) is 3.15. The van der Waals surface area contributed by atoms with Gasteiger partial charge in [0.1, 0.15) is 16.7 Å². The Morgan fingerprint density at radius 1 is 1.15 bits per heavy atom. The zero-order valence-electron chi connectivity index (χ0n) is 14.3. The Kier molecular flexibility index (Phi) is 3.73. The maximum absolute atomic E-state index is 13.5. The Labute approximate surface area is 150 Å². The van der Waals surface area contributed by atoms with Crippen LogP contribution in [0.5, 0.6) is 5.75 Å². The predicted molar refractivity (Wildman–Crippen MR) is 93.4 cm³/mol. The smallest absolute Gasteiger partial charge is 0.418 e. The van der Waals surface area contributed by atoms with Crippen LogP contribution in [0.2, 0.25) is 0 Å². The molecule has 0 unspecified atom stereocenters. The second-order valence-corrected chi connectivity index (χ2v) is 5.99. The average Bonchev–Trinajstić information content (AvgIpc) is 2.98. The highest BCUT2D eigenvalue weighted by Gasteiger charge is 2.34. The van der Waals surface area contributed by atoms with Crippen molar-refractivity contribution in [2.24, 2.45) is 0 Å². The lowest BCUT2D eigenvalue weighted by molar-refractivity contribution is -0.137. The molecule has 0 amide bonds. The minimum Gasteiger partial charge on any atom is -0.497 e. The number of aryl methyl sites for hydroxylation is 1. The molecule has 0 aliphatic carbocycles. The molecule has 0 bridgehead atoms. The van der Waals surface area contributed by atoms with E-state index >= 15 is 0 Å². The fraction of sp³-hybridized carbons (Fsp3) is 0.158. The van der Waals surface area contributed by atoms with Crippen LogP contribution in [0.1, 0.15) is 11.3 Å². The molecular formula is C19H13F3N2O3. The standard InChI is InChI=1S/C19H13F3N2O3/c1-10-16-17(12-8-7-11(26-2)9-15(12)27-18(16)25)24(23-10)14-6-4-3-5-13(14)19(20,21)22/h3-9H,1-2H3. The number of halogens is 3. The summed E-state index contributed by atoms with van der Waals surface area (Å²) in [6.45, 7) is 1.56. The van der Waals surface area contributed by atoms with Gasteiger partial charge in [0.2, 0.25) is 0 Å². The number of aromatic nitrogens is 2. The second kappa shape index (κ2) is 5.87. The van der Waals surface area contributed by atoms with Gasteiger partial charge in [-0.3, -0.25) is 0 Å². The van der Waals surface area contributed by atoms with Gasteiger partial charge in [-0.25, -0.2) is 9.48 Å². The number of nitrogens with zero attached hydrogens (tertiary/aromatic N) is 2. The highest BCUT2D eigenvalue weighted by molar-refractivity contribution is 6.04. The molecule has 0 aliphatic heterocycles. The van der Waals surface area contributed by atoms with Gasteiger partial charge in [0.25, 0.3) is 0 Å². The molecule has 0 spiro atoms. The molecule has 2 aromatic carbocycles. The van der Waals surface area contributed by atoms with E-state index in [1.165, 1.54) is 31.4 Å². The zero-order chi connectivity index (χ0) is 19.3. The summed E-state index contributed by atoms with van der Waals surface area (Å²) in [5.41, 5.74) is -0.918. The summed E-state index contributed by atoms with van der Waals surface area (Å²) in [6, 6.07) is 9.88. The maximum Gasteiger partial charge on any atom is 0.418 e. The van der Waals surface area contributed by atoms with E-state index < -0.39 is 17.4 Å². The predicted octanol–water partition coefficient (Wildman–Crippen LogP) is 4.47. The first-order valence-electron chi connectivity index (χ1n) is 7.98.